The maximum Gasteiger partial charge on any atom is 0.344 e. The molecule has 1 amide bonds. The van der Waals surface area contributed by atoms with E-state index < -0.39 is 12.1 Å². The summed E-state index contributed by atoms with van der Waals surface area (Å²) in [5.74, 6) is 0.159. The number of nitrogens with zero attached hydrogens (tertiary/aromatic N) is 2. The first kappa shape index (κ1) is 27.9. The standard InChI is InChI=1S/C31H29N3O6S/c1-19(30(36)37)40-26-13-8-20(16-27(26)39-3)17-28-29(35)34(15-14-21-18-32-25-7-5-4-6-24(21)25)31(41-28)33-22-9-11-23(38-2)12-10-22/h4-13,16-19,32H,14-15H2,1-3H3,(H,36,37)/b28-17-,33-31?/t19-/m1/s1. The number of aliphatic carboxylic acids is 1. The van der Waals surface area contributed by atoms with Crippen LogP contribution in [0.2, 0.25) is 0 Å². The van der Waals surface area contributed by atoms with Crippen molar-refractivity contribution in [1.29, 1.82) is 0 Å². The Balaban J connectivity index is 1.44. The Hall–Kier alpha value is -4.70. The zero-order valence-electron chi connectivity index (χ0n) is 22.8. The molecule has 1 atom stereocenters. The van der Waals surface area contributed by atoms with Crippen LogP contribution in [0.25, 0.3) is 17.0 Å². The van der Waals surface area contributed by atoms with E-state index in [0.717, 1.165) is 22.2 Å². The first-order valence-corrected chi connectivity index (χ1v) is 13.7. The second kappa shape index (κ2) is 12.2. The number of H-pyrrole nitrogens is 1. The van der Waals surface area contributed by atoms with Crippen molar-refractivity contribution in [3.63, 3.8) is 0 Å². The van der Waals surface area contributed by atoms with Crippen LogP contribution in [0.4, 0.5) is 5.69 Å². The fourth-order valence-corrected chi connectivity index (χ4v) is 5.41. The highest BCUT2D eigenvalue weighted by molar-refractivity contribution is 8.18. The molecule has 10 heteroatoms. The van der Waals surface area contributed by atoms with Gasteiger partial charge in [0.25, 0.3) is 5.91 Å². The van der Waals surface area contributed by atoms with Gasteiger partial charge in [0.15, 0.2) is 22.8 Å². The Morgan fingerprint density at radius 2 is 1.85 bits per heavy atom. The summed E-state index contributed by atoms with van der Waals surface area (Å²) < 4.78 is 16.2. The van der Waals surface area contributed by atoms with Crippen LogP contribution in [0.5, 0.6) is 17.2 Å². The molecule has 210 valence electrons. The summed E-state index contributed by atoms with van der Waals surface area (Å²) in [7, 11) is 3.09. The maximum atomic E-state index is 13.7. The van der Waals surface area contributed by atoms with Crippen LogP contribution in [0.15, 0.2) is 82.8 Å². The number of aromatic nitrogens is 1. The van der Waals surface area contributed by atoms with Gasteiger partial charge in [0, 0.05) is 23.6 Å². The number of hydrogen-bond donors (Lipinski definition) is 2. The predicted octanol–water partition coefficient (Wildman–Crippen LogP) is 5.88. The number of rotatable bonds is 10. The lowest BCUT2D eigenvalue weighted by molar-refractivity contribution is -0.144. The number of amides is 1. The molecule has 0 radical (unpaired) electrons. The molecule has 41 heavy (non-hydrogen) atoms. The molecule has 1 saturated heterocycles. The number of amidine groups is 1. The summed E-state index contributed by atoms with van der Waals surface area (Å²) in [4.78, 5) is 35.2. The average Bonchev–Trinajstić information content (AvgIpc) is 3.52. The number of fused-ring (bicyclic) bond motifs is 1. The number of carbonyl (C=O) groups excluding carboxylic acids is 1. The van der Waals surface area contributed by atoms with Crippen LogP contribution in [0.1, 0.15) is 18.1 Å². The number of aliphatic imine (C=N–C) groups is 1. The Morgan fingerprint density at radius 1 is 1.07 bits per heavy atom. The molecule has 1 aliphatic rings. The summed E-state index contributed by atoms with van der Waals surface area (Å²) in [6.07, 6.45) is 3.36. The molecule has 0 bridgehead atoms. The van der Waals surface area contributed by atoms with Gasteiger partial charge in [-0.2, -0.15) is 0 Å². The lowest BCUT2D eigenvalue weighted by Gasteiger charge is -2.15. The SMILES string of the molecule is COc1ccc(N=C2S/C(=C\c3ccc(O[C@H](C)C(=O)O)c(OC)c3)C(=O)N2CCc2c[nH]c3ccccc23)cc1. The van der Waals surface area contributed by atoms with Crippen LogP contribution >= 0.6 is 11.8 Å². The number of ether oxygens (including phenoxy) is 3. The minimum atomic E-state index is -1.08. The quantitative estimate of drug-likeness (QED) is 0.228. The minimum absolute atomic E-state index is 0.152. The van der Waals surface area contributed by atoms with Gasteiger partial charge in [0.05, 0.1) is 24.8 Å². The molecular formula is C31H29N3O6S. The Kier molecular flexibility index (Phi) is 8.30. The predicted molar refractivity (Wildman–Crippen MR) is 160 cm³/mol. The summed E-state index contributed by atoms with van der Waals surface area (Å²) in [6.45, 7) is 1.89. The van der Waals surface area contributed by atoms with Crippen molar-refractivity contribution in [1.82, 2.24) is 9.88 Å². The molecule has 0 saturated carbocycles. The van der Waals surface area contributed by atoms with E-state index in [9.17, 15) is 14.7 Å². The normalized spacial score (nSPS) is 16.0. The van der Waals surface area contributed by atoms with Crippen molar-refractivity contribution < 1.29 is 28.9 Å². The Labute approximate surface area is 241 Å². The molecule has 0 spiro atoms. The number of nitrogens with one attached hydrogen (secondary N) is 1. The zero-order valence-corrected chi connectivity index (χ0v) is 23.6. The maximum absolute atomic E-state index is 13.7. The van der Waals surface area contributed by atoms with Crippen LogP contribution < -0.4 is 14.2 Å². The summed E-state index contributed by atoms with van der Waals surface area (Å²) in [5.41, 5.74) is 3.58. The first-order chi connectivity index (χ1) is 19.9. The monoisotopic (exact) mass is 571 g/mol. The van der Waals surface area contributed by atoms with E-state index in [1.807, 2.05) is 48.7 Å². The second-order valence-electron chi connectivity index (χ2n) is 9.28. The molecule has 1 fully saturated rings. The molecular weight excluding hydrogens is 542 g/mol. The van der Waals surface area contributed by atoms with E-state index in [2.05, 4.69) is 11.1 Å². The number of thioether (sulfide) groups is 1. The number of para-hydroxylation sites is 1. The van der Waals surface area contributed by atoms with Gasteiger partial charge in [-0.25, -0.2) is 9.79 Å². The van der Waals surface area contributed by atoms with Crippen LogP contribution in [-0.2, 0) is 16.0 Å². The summed E-state index contributed by atoms with van der Waals surface area (Å²) in [6, 6.07) is 20.5. The van der Waals surface area contributed by atoms with Crippen molar-refractivity contribution in [2.45, 2.75) is 19.4 Å². The van der Waals surface area contributed by atoms with E-state index in [4.69, 9.17) is 19.2 Å². The lowest BCUT2D eigenvalue weighted by Crippen LogP contribution is -2.31. The molecule has 1 aromatic heterocycles. The number of carboxylic acid groups (broad SMARTS) is 1. The molecule has 3 aromatic carbocycles. The van der Waals surface area contributed by atoms with Gasteiger partial charge in [-0.05, 0) is 84.8 Å². The number of hydrogen-bond acceptors (Lipinski definition) is 7. The first-order valence-electron chi connectivity index (χ1n) is 12.9. The van der Waals surface area contributed by atoms with Crippen molar-refractivity contribution in [2.24, 2.45) is 4.99 Å². The number of benzene rings is 3. The van der Waals surface area contributed by atoms with E-state index >= 15 is 0 Å². The highest BCUT2D eigenvalue weighted by Crippen LogP contribution is 2.36. The Morgan fingerprint density at radius 3 is 2.59 bits per heavy atom. The fraction of sp³-hybridized carbons (Fsp3) is 0.194. The Bertz CT molecular complexity index is 1640. The minimum Gasteiger partial charge on any atom is -0.497 e. The van der Waals surface area contributed by atoms with Crippen LogP contribution in [-0.4, -0.2) is 58.9 Å². The van der Waals surface area contributed by atoms with Gasteiger partial charge in [-0.3, -0.25) is 9.69 Å². The van der Waals surface area contributed by atoms with Crippen molar-refractivity contribution in [3.8, 4) is 17.2 Å². The van der Waals surface area contributed by atoms with Gasteiger partial charge < -0.3 is 24.3 Å². The fourth-order valence-electron chi connectivity index (χ4n) is 4.39. The van der Waals surface area contributed by atoms with Gasteiger partial charge in [-0.1, -0.05) is 24.3 Å². The van der Waals surface area contributed by atoms with E-state index in [-0.39, 0.29) is 5.91 Å². The van der Waals surface area contributed by atoms with Gasteiger partial charge >= 0.3 is 5.97 Å². The summed E-state index contributed by atoms with van der Waals surface area (Å²) in [5, 5.41) is 10.9. The third kappa shape index (κ3) is 6.22. The molecule has 5 rings (SSSR count). The van der Waals surface area contributed by atoms with E-state index in [1.54, 1.807) is 36.3 Å². The van der Waals surface area contributed by atoms with Gasteiger partial charge in [-0.15, -0.1) is 0 Å². The molecule has 1 aliphatic heterocycles. The largest absolute Gasteiger partial charge is 0.497 e. The molecule has 2 heterocycles. The second-order valence-corrected chi connectivity index (χ2v) is 10.3. The number of aromatic amines is 1. The summed E-state index contributed by atoms with van der Waals surface area (Å²) >= 11 is 1.30. The van der Waals surface area contributed by atoms with E-state index in [1.165, 1.54) is 25.8 Å². The van der Waals surface area contributed by atoms with Crippen LogP contribution in [0.3, 0.4) is 0 Å². The zero-order chi connectivity index (χ0) is 28.9. The van der Waals surface area contributed by atoms with Gasteiger partial charge in [0.2, 0.25) is 0 Å². The topological polar surface area (TPSA) is 113 Å². The highest BCUT2D eigenvalue weighted by atomic mass is 32.2. The third-order valence-electron chi connectivity index (χ3n) is 6.60. The molecule has 9 nitrogen and oxygen atoms in total. The van der Waals surface area contributed by atoms with Crippen molar-refractivity contribution in [2.75, 3.05) is 20.8 Å². The number of methoxy groups -OCH3 is 2. The molecule has 4 aromatic rings. The highest BCUT2D eigenvalue weighted by Gasteiger charge is 2.33. The van der Waals surface area contributed by atoms with Crippen molar-refractivity contribution in [3.05, 3.63) is 89.0 Å². The molecule has 0 aliphatic carbocycles. The van der Waals surface area contributed by atoms with Crippen LogP contribution in [0, 0.1) is 0 Å². The molecule has 2 N–H and O–H groups in total. The lowest BCUT2D eigenvalue weighted by atomic mass is 10.1. The van der Waals surface area contributed by atoms with Gasteiger partial charge in [0.1, 0.15) is 5.75 Å². The van der Waals surface area contributed by atoms with E-state index in [0.29, 0.717) is 45.8 Å². The van der Waals surface area contributed by atoms with Crippen molar-refractivity contribution >= 4 is 51.5 Å². The molecule has 0 unspecified atom stereocenters. The smallest absolute Gasteiger partial charge is 0.344 e. The average molecular weight is 572 g/mol. The number of carboxylic acids is 1. The third-order valence-corrected chi connectivity index (χ3v) is 7.61. The number of carbonyl (C=O) groups is 2.